The number of ether oxygens (including phenoxy) is 1. The van der Waals surface area contributed by atoms with E-state index in [4.69, 9.17) is 4.74 Å². The molecule has 1 aliphatic heterocycles. The lowest BCUT2D eigenvalue weighted by atomic mass is 10.1. The van der Waals surface area contributed by atoms with Crippen molar-refractivity contribution in [2.75, 3.05) is 36.5 Å². The maximum Gasteiger partial charge on any atom is 0.255 e. The quantitative estimate of drug-likeness (QED) is 0.942. The van der Waals surface area contributed by atoms with Gasteiger partial charge in [0, 0.05) is 30.0 Å². The van der Waals surface area contributed by atoms with Crippen molar-refractivity contribution in [3.8, 4) is 0 Å². The van der Waals surface area contributed by atoms with Gasteiger partial charge in [-0.2, -0.15) is 0 Å². The molecule has 23 heavy (non-hydrogen) atoms. The van der Waals surface area contributed by atoms with Crippen molar-refractivity contribution >= 4 is 17.3 Å². The first kappa shape index (κ1) is 15.6. The maximum absolute atomic E-state index is 12.4. The van der Waals surface area contributed by atoms with Gasteiger partial charge in [-0.05, 0) is 42.3 Å². The van der Waals surface area contributed by atoms with Crippen molar-refractivity contribution in [2.24, 2.45) is 0 Å². The number of nitrogens with one attached hydrogen (secondary N) is 1. The van der Waals surface area contributed by atoms with E-state index in [0.29, 0.717) is 5.56 Å². The molecule has 0 saturated carbocycles. The Morgan fingerprint density at radius 3 is 2.48 bits per heavy atom. The van der Waals surface area contributed by atoms with Crippen molar-refractivity contribution in [3.05, 3.63) is 59.7 Å². The molecule has 1 amide bonds. The molecule has 0 atom stereocenters. The number of carbonyl (C=O) groups is 1. The van der Waals surface area contributed by atoms with Gasteiger partial charge in [0.15, 0.2) is 0 Å². The fraction of sp³-hybridized carbons (Fsp3) is 0.316. The summed E-state index contributed by atoms with van der Waals surface area (Å²) in [6.07, 6.45) is 0.895. The molecule has 3 rings (SSSR count). The predicted molar refractivity (Wildman–Crippen MR) is 93.2 cm³/mol. The Morgan fingerprint density at radius 1 is 1.09 bits per heavy atom. The van der Waals surface area contributed by atoms with Crippen molar-refractivity contribution in [1.29, 1.82) is 0 Å². The van der Waals surface area contributed by atoms with Crippen LogP contribution in [0.2, 0.25) is 0 Å². The van der Waals surface area contributed by atoms with Crippen LogP contribution in [0.3, 0.4) is 0 Å². The Labute approximate surface area is 137 Å². The molecule has 1 fully saturated rings. The van der Waals surface area contributed by atoms with Crippen LogP contribution in [0.5, 0.6) is 0 Å². The fourth-order valence-corrected chi connectivity index (χ4v) is 2.79. The third-order valence-electron chi connectivity index (χ3n) is 4.15. The van der Waals surface area contributed by atoms with Crippen LogP contribution >= 0.6 is 0 Å². The Balaban J connectivity index is 1.70. The zero-order valence-electron chi connectivity index (χ0n) is 13.4. The summed E-state index contributed by atoms with van der Waals surface area (Å²) >= 11 is 0. The summed E-state index contributed by atoms with van der Waals surface area (Å²) in [6.45, 7) is 5.40. The molecule has 0 spiro atoms. The first-order valence-corrected chi connectivity index (χ1v) is 8.10. The minimum Gasteiger partial charge on any atom is -0.378 e. The van der Waals surface area contributed by atoms with Crippen LogP contribution in [0.1, 0.15) is 22.8 Å². The van der Waals surface area contributed by atoms with Crippen molar-refractivity contribution in [3.63, 3.8) is 0 Å². The lowest BCUT2D eigenvalue weighted by Gasteiger charge is -2.28. The van der Waals surface area contributed by atoms with Crippen LogP contribution in [0.25, 0.3) is 0 Å². The molecule has 0 aliphatic carbocycles. The third-order valence-corrected chi connectivity index (χ3v) is 4.15. The molecule has 1 heterocycles. The Bertz CT molecular complexity index is 661. The summed E-state index contributed by atoms with van der Waals surface area (Å²) in [5, 5.41) is 3.00. The lowest BCUT2D eigenvalue weighted by Crippen LogP contribution is -2.36. The maximum atomic E-state index is 12.4. The summed E-state index contributed by atoms with van der Waals surface area (Å²) < 4.78 is 5.37. The summed E-state index contributed by atoms with van der Waals surface area (Å²) in [5.41, 5.74) is 3.84. The van der Waals surface area contributed by atoms with Gasteiger partial charge in [0.1, 0.15) is 0 Å². The van der Waals surface area contributed by atoms with Gasteiger partial charge < -0.3 is 15.0 Å². The second kappa shape index (κ2) is 7.29. The molecule has 1 N–H and O–H groups in total. The van der Waals surface area contributed by atoms with Gasteiger partial charge in [-0.1, -0.05) is 25.1 Å². The van der Waals surface area contributed by atoms with Gasteiger partial charge in [0.25, 0.3) is 5.91 Å². The highest BCUT2D eigenvalue weighted by molar-refractivity contribution is 6.04. The molecule has 2 aromatic carbocycles. The van der Waals surface area contributed by atoms with E-state index >= 15 is 0 Å². The predicted octanol–water partition coefficient (Wildman–Crippen LogP) is 3.34. The molecule has 1 aliphatic rings. The van der Waals surface area contributed by atoms with Gasteiger partial charge in [-0.3, -0.25) is 4.79 Å². The first-order chi connectivity index (χ1) is 11.3. The number of hydrogen-bond acceptors (Lipinski definition) is 3. The molecule has 0 aromatic heterocycles. The molecule has 0 unspecified atom stereocenters. The third kappa shape index (κ3) is 3.71. The van der Waals surface area contributed by atoms with E-state index in [1.54, 1.807) is 0 Å². The smallest absolute Gasteiger partial charge is 0.255 e. The summed E-state index contributed by atoms with van der Waals surface area (Å²) in [4.78, 5) is 14.7. The van der Waals surface area contributed by atoms with Gasteiger partial charge in [0.05, 0.1) is 13.2 Å². The Kier molecular flexibility index (Phi) is 4.93. The summed E-state index contributed by atoms with van der Waals surface area (Å²) in [5.74, 6) is -0.0700. The van der Waals surface area contributed by atoms with E-state index in [1.807, 2.05) is 48.5 Å². The highest BCUT2D eigenvalue weighted by Crippen LogP contribution is 2.19. The molecule has 0 radical (unpaired) electrons. The van der Waals surface area contributed by atoms with E-state index < -0.39 is 0 Å². The van der Waals surface area contributed by atoms with Crippen molar-refractivity contribution in [2.45, 2.75) is 13.3 Å². The number of hydrogen-bond donors (Lipinski definition) is 1. The second-order valence-corrected chi connectivity index (χ2v) is 5.61. The number of para-hydroxylation sites is 1. The number of carbonyl (C=O) groups excluding carboxylic acids is 1. The highest BCUT2D eigenvalue weighted by atomic mass is 16.5. The molecular weight excluding hydrogens is 288 g/mol. The summed E-state index contributed by atoms with van der Waals surface area (Å²) in [7, 11) is 0. The largest absolute Gasteiger partial charge is 0.378 e. The Hall–Kier alpha value is -2.33. The van der Waals surface area contributed by atoms with Gasteiger partial charge >= 0.3 is 0 Å². The standard InChI is InChI=1S/C19H22N2O2/c1-2-15-5-3-4-6-18(15)20-19(22)16-7-9-17(10-8-16)21-11-13-23-14-12-21/h3-10H,2,11-14H2,1H3,(H,20,22). The Morgan fingerprint density at radius 2 is 1.78 bits per heavy atom. The zero-order chi connectivity index (χ0) is 16.1. The first-order valence-electron chi connectivity index (χ1n) is 8.10. The number of benzene rings is 2. The average Bonchev–Trinajstić information content (AvgIpc) is 2.63. The highest BCUT2D eigenvalue weighted by Gasteiger charge is 2.12. The minimum absolute atomic E-state index is 0.0700. The number of morpholine rings is 1. The second-order valence-electron chi connectivity index (χ2n) is 5.61. The van der Waals surface area contributed by atoms with Crippen LogP contribution in [0.15, 0.2) is 48.5 Å². The van der Waals surface area contributed by atoms with Crippen molar-refractivity contribution < 1.29 is 9.53 Å². The van der Waals surface area contributed by atoms with Crippen LogP contribution in [-0.2, 0) is 11.2 Å². The van der Waals surface area contributed by atoms with Crippen LogP contribution < -0.4 is 10.2 Å². The van der Waals surface area contributed by atoms with E-state index in [2.05, 4.69) is 17.1 Å². The average molecular weight is 310 g/mol. The summed E-state index contributed by atoms with van der Waals surface area (Å²) in [6, 6.07) is 15.7. The van der Waals surface area contributed by atoms with Crippen LogP contribution in [-0.4, -0.2) is 32.2 Å². The molecule has 2 aromatic rings. The molecular formula is C19H22N2O2. The molecule has 120 valence electrons. The van der Waals surface area contributed by atoms with Crippen LogP contribution in [0, 0.1) is 0 Å². The van der Waals surface area contributed by atoms with E-state index in [0.717, 1.165) is 49.7 Å². The van der Waals surface area contributed by atoms with Gasteiger partial charge in [-0.15, -0.1) is 0 Å². The number of anilines is 2. The monoisotopic (exact) mass is 310 g/mol. The van der Waals surface area contributed by atoms with E-state index in [-0.39, 0.29) is 5.91 Å². The van der Waals surface area contributed by atoms with E-state index in [1.165, 1.54) is 0 Å². The lowest BCUT2D eigenvalue weighted by molar-refractivity contribution is 0.102. The zero-order valence-corrected chi connectivity index (χ0v) is 13.4. The fourth-order valence-electron chi connectivity index (χ4n) is 2.79. The molecule has 0 bridgehead atoms. The molecule has 1 saturated heterocycles. The molecule has 4 heteroatoms. The topological polar surface area (TPSA) is 41.6 Å². The molecule has 4 nitrogen and oxygen atoms in total. The number of amides is 1. The normalized spacial score (nSPS) is 14.6. The number of aryl methyl sites for hydroxylation is 1. The van der Waals surface area contributed by atoms with Crippen LogP contribution in [0.4, 0.5) is 11.4 Å². The van der Waals surface area contributed by atoms with E-state index in [9.17, 15) is 4.79 Å². The minimum atomic E-state index is -0.0700. The van der Waals surface area contributed by atoms with Crippen molar-refractivity contribution in [1.82, 2.24) is 0 Å². The number of nitrogens with zero attached hydrogens (tertiary/aromatic N) is 1. The number of rotatable bonds is 4. The van der Waals surface area contributed by atoms with Gasteiger partial charge in [-0.25, -0.2) is 0 Å². The van der Waals surface area contributed by atoms with Gasteiger partial charge in [0.2, 0.25) is 0 Å². The SMILES string of the molecule is CCc1ccccc1NC(=O)c1ccc(N2CCOCC2)cc1.